The maximum atomic E-state index is 6.31. The van der Waals surface area contributed by atoms with E-state index in [-0.39, 0.29) is 6.04 Å². The molecule has 6 heteroatoms. The smallest absolute Gasteiger partial charge is 0.148 e. The summed E-state index contributed by atoms with van der Waals surface area (Å²) in [5.74, 6) is 0.870. The van der Waals surface area contributed by atoms with Crippen LogP contribution in [0.15, 0.2) is 0 Å². The van der Waals surface area contributed by atoms with Crippen LogP contribution in [0.1, 0.15) is 37.3 Å². The predicted octanol–water partition coefficient (Wildman–Crippen LogP) is 3.00. The zero-order valence-corrected chi connectivity index (χ0v) is 15.3. The Hall–Kier alpha value is 0.0200. The van der Waals surface area contributed by atoms with E-state index in [0.717, 1.165) is 47.6 Å². The molecule has 0 bridgehead atoms. The molecular formula is C14H22ClIN4. The lowest BCUT2D eigenvalue weighted by Gasteiger charge is -2.26. The lowest BCUT2D eigenvalue weighted by Crippen LogP contribution is -2.32. The lowest BCUT2D eigenvalue weighted by atomic mass is 10.2. The Kier molecular flexibility index (Phi) is 6.01. The van der Waals surface area contributed by atoms with E-state index >= 15 is 0 Å². The monoisotopic (exact) mass is 408 g/mol. The van der Waals surface area contributed by atoms with Gasteiger partial charge in [-0.2, -0.15) is 0 Å². The lowest BCUT2D eigenvalue weighted by molar-refractivity contribution is 0.219. The molecule has 112 valence electrons. The van der Waals surface area contributed by atoms with Crippen molar-refractivity contribution in [1.82, 2.24) is 19.8 Å². The Morgan fingerprint density at radius 3 is 2.75 bits per heavy atom. The van der Waals surface area contributed by atoms with Crippen molar-refractivity contribution < 1.29 is 0 Å². The second-order valence-corrected chi connectivity index (χ2v) is 6.93. The fraction of sp³-hybridized carbons (Fsp3) is 0.714. The number of hydrogen-bond donors (Lipinski definition) is 0. The maximum absolute atomic E-state index is 6.31. The highest BCUT2D eigenvalue weighted by molar-refractivity contribution is 14.1. The highest BCUT2D eigenvalue weighted by Crippen LogP contribution is 2.26. The number of halogens is 2. The summed E-state index contributed by atoms with van der Waals surface area (Å²) in [6, 6.07) is 0.229. The third kappa shape index (κ3) is 3.81. The van der Waals surface area contributed by atoms with Crippen LogP contribution in [0.4, 0.5) is 0 Å². The van der Waals surface area contributed by atoms with Crippen LogP contribution in [0, 0.1) is 3.57 Å². The predicted molar refractivity (Wildman–Crippen MR) is 91.2 cm³/mol. The van der Waals surface area contributed by atoms with E-state index in [9.17, 15) is 0 Å². The Balaban J connectivity index is 2.34. The molecule has 1 aromatic rings. The van der Waals surface area contributed by atoms with Crippen LogP contribution in [0.25, 0.3) is 0 Å². The van der Waals surface area contributed by atoms with Crippen LogP contribution in [0.3, 0.4) is 0 Å². The zero-order valence-electron chi connectivity index (χ0n) is 12.4. The first-order valence-electron chi connectivity index (χ1n) is 7.13. The second-order valence-electron chi connectivity index (χ2n) is 5.50. The summed E-state index contributed by atoms with van der Waals surface area (Å²) in [4.78, 5) is 14.0. The summed E-state index contributed by atoms with van der Waals surface area (Å²) in [5, 5.41) is 0.597. The number of likely N-dealkylation sites (N-methyl/N-ethyl adjacent to an activating group) is 2. The van der Waals surface area contributed by atoms with Gasteiger partial charge < -0.3 is 4.90 Å². The minimum atomic E-state index is 0.229. The van der Waals surface area contributed by atoms with Gasteiger partial charge in [-0.1, -0.05) is 24.9 Å². The van der Waals surface area contributed by atoms with Crippen molar-refractivity contribution in [3.05, 3.63) is 20.2 Å². The Morgan fingerprint density at radius 1 is 1.30 bits per heavy atom. The Labute approximate surface area is 140 Å². The maximum Gasteiger partial charge on any atom is 0.148 e. The van der Waals surface area contributed by atoms with Crippen LogP contribution >= 0.6 is 34.2 Å². The molecule has 0 N–H and O–H groups in total. The molecule has 0 aliphatic carbocycles. The van der Waals surface area contributed by atoms with Gasteiger partial charge >= 0.3 is 0 Å². The fourth-order valence-electron chi connectivity index (χ4n) is 2.58. The minimum absolute atomic E-state index is 0.229. The quantitative estimate of drug-likeness (QED) is 0.568. The van der Waals surface area contributed by atoms with Crippen molar-refractivity contribution in [2.75, 3.05) is 33.7 Å². The summed E-state index contributed by atoms with van der Waals surface area (Å²) < 4.78 is 1.000. The molecule has 0 saturated carbocycles. The SMILES string of the molecule is CCCc1nc(C2CN(C)CCCN2C)nc(Cl)c1I. The van der Waals surface area contributed by atoms with Crippen LogP contribution in [0.2, 0.25) is 5.15 Å². The summed E-state index contributed by atoms with van der Waals surface area (Å²) in [7, 11) is 4.31. The van der Waals surface area contributed by atoms with Gasteiger partial charge in [0.1, 0.15) is 11.0 Å². The van der Waals surface area contributed by atoms with Crippen LogP contribution in [-0.4, -0.2) is 53.5 Å². The van der Waals surface area contributed by atoms with Gasteiger partial charge in [-0.25, -0.2) is 9.97 Å². The van der Waals surface area contributed by atoms with Gasteiger partial charge in [-0.05, 0) is 62.6 Å². The fourth-order valence-corrected chi connectivity index (χ4v) is 3.29. The van der Waals surface area contributed by atoms with E-state index in [4.69, 9.17) is 16.6 Å². The van der Waals surface area contributed by atoms with Gasteiger partial charge in [0.2, 0.25) is 0 Å². The number of hydrogen-bond acceptors (Lipinski definition) is 4. The molecule has 1 atom stereocenters. The van der Waals surface area contributed by atoms with Crippen molar-refractivity contribution in [2.45, 2.75) is 32.2 Å². The molecule has 1 unspecified atom stereocenters. The van der Waals surface area contributed by atoms with Crippen molar-refractivity contribution in [3.8, 4) is 0 Å². The van der Waals surface area contributed by atoms with Gasteiger partial charge in [0.15, 0.2) is 0 Å². The second kappa shape index (κ2) is 7.33. The van der Waals surface area contributed by atoms with Crippen molar-refractivity contribution in [1.29, 1.82) is 0 Å². The van der Waals surface area contributed by atoms with Gasteiger partial charge in [0.25, 0.3) is 0 Å². The summed E-state index contributed by atoms with van der Waals surface area (Å²) >= 11 is 8.56. The minimum Gasteiger partial charge on any atom is -0.304 e. The molecule has 0 aromatic carbocycles. The van der Waals surface area contributed by atoms with Crippen LogP contribution < -0.4 is 0 Å². The van der Waals surface area contributed by atoms with E-state index in [2.05, 4.69) is 58.4 Å². The van der Waals surface area contributed by atoms with Gasteiger partial charge in [0, 0.05) is 6.54 Å². The zero-order chi connectivity index (χ0) is 14.7. The normalized spacial score (nSPS) is 21.9. The van der Waals surface area contributed by atoms with Crippen molar-refractivity contribution in [2.24, 2.45) is 0 Å². The summed E-state index contributed by atoms with van der Waals surface area (Å²) in [5.41, 5.74) is 1.09. The molecular weight excluding hydrogens is 387 g/mol. The number of nitrogens with zero attached hydrogens (tertiary/aromatic N) is 4. The first-order chi connectivity index (χ1) is 9.52. The number of aryl methyl sites for hydroxylation is 1. The topological polar surface area (TPSA) is 32.3 Å². The third-order valence-corrected chi connectivity index (χ3v) is 5.47. The Bertz CT molecular complexity index is 469. The molecule has 2 rings (SSSR count). The van der Waals surface area contributed by atoms with Gasteiger partial charge in [-0.15, -0.1) is 0 Å². The molecule has 1 fully saturated rings. The van der Waals surface area contributed by atoms with Gasteiger partial charge in [0.05, 0.1) is 15.3 Å². The highest BCUT2D eigenvalue weighted by atomic mass is 127. The van der Waals surface area contributed by atoms with E-state index in [0.29, 0.717) is 5.15 Å². The standard InChI is InChI=1S/C14H22ClIN4/c1-4-6-10-12(16)13(15)18-14(17-10)11-9-19(2)7-5-8-20(11)3/h11H,4-9H2,1-3H3. The number of rotatable bonds is 3. The molecule has 2 heterocycles. The summed E-state index contributed by atoms with van der Waals surface area (Å²) in [6.07, 6.45) is 3.21. The Morgan fingerprint density at radius 2 is 2.05 bits per heavy atom. The molecule has 1 aliphatic rings. The average Bonchev–Trinajstić information content (AvgIpc) is 2.57. The van der Waals surface area contributed by atoms with Gasteiger partial charge in [-0.3, -0.25) is 4.90 Å². The molecule has 0 radical (unpaired) electrons. The molecule has 4 nitrogen and oxygen atoms in total. The van der Waals surface area contributed by atoms with E-state index in [1.807, 2.05) is 0 Å². The van der Waals surface area contributed by atoms with E-state index in [1.54, 1.807) is 0 Å². The molecule has 1 aromatic heterocycles. The van der Waals surface area contributed by atoms with Crippen molar-refractivity contribution >= 4 is 34.2 Å². The first-order valence-corrected chi connectivity index (χ1v) is 8.59. The van der Waals surface area contributed by atoms with E-state index in [1.165, 1.54) is 6.42 Å². The van der Waals surface area contributed by atoms with Crippen LogP contribution in [0.5, 0.6) is 0 Å². The number of aromatic nitrogens is 2. The molecule has 1 aliphatic heterocycles. The highest BCUT2D eigenvalue weighted by Gasteiger charge is 2.25. The van der Waals surface area contributed by atoms with E-state index < -0.39 is 0 Å². The molecule has 0 spiro atoms. The summed E-state index contributed by atoms with van der Waals surface area (Å²) in [6.45, 7) is 5.32. The first kappa shape index (κ1) is 16.4. The molecule has 1 saturated heterocycles. The molecule has 20 heavy (non-hydrogen) atoms. The average molecular weight is 409 g/mol. The third-order valence-electron chi connectivity index (χ3n) is 3.75. The van der Waals surface area contributed by atoms with Crippen molar-refractivity contribution in [3.63, 3.8) is 0 Å². The van der Waals surface area contributed by atoms with Crippen LogP contribution in [-0.2, 0) is 6.42 Å². The molecule has 0 amide bonds. The largest absolute Gasteiger partial charge is 0.304 e.